The second kappa shape index (κ2) is 5.73. The summed E-state index contributed by atoms with van der Waals surface area (Å²) in [7, 11) is 1.71. The van der Waals surface area contributed by atoms with Crippen molar-refractivity contribution in [3.63, 3.8) is 0 Å². The van der Waals surface area contributed by atoms with E-state index < -0.39 is 6.10 Å². The van der Waals surface area contributed by atoms with Crippen LogP contribution in [0.25, 0.3) is 0 Å². The van der Waals surface area contributed by atoms with Gasteiger partial charge in [0.05, 0.1) is 12.2 Å². The minimum Gasteiger partial charge on any atom is -0.477 e. The van der Waals surface area contributed by atoms with Crippen molar-refractivity contribution in [3.05, 3.63) is 24.3 Å². The third-order valence-electron chi connectivity index (χ3n) is 3.06. The van der Waals surface area contributed by atoms with Crippen LogP contribution in [0.1, 0.15) is 19.8 Å². The number of carbonyl (C=O) groups excluding carboxylic acids is 2. The molecule has 1 N–H and O–H groups in total. The maximum atomic E-state index is 12.1. The monoisotopic (exact) mass is 262 g/mol. The lowest BCUT2D eigenvalue weighted by atomic mass is 10.2. The molecule has 0 radical (unpaired) electrons. The number of carbonyl (C=O) groups is 2. The van der Waals surface area contributed by atoms with Crippen LogP contribution in [-0.4, -0.2) is 31.5 Å². The van der Waals surface area contributed by atoms with E-state index in [1.54, 1.807) is 11.9 Å². The topological polar surface area (TPSA) is 58.6 Å². The van der Waals surface area contributed by atoms with Gasteiger partial charge in [-0.05, 0) is 18.6 Å². The van der Waals surface area contributed by atoms with Gasteiger partial charge < -0.3 is 15.0 Å². The summed E-state index contributed by atoms with van der Waals surface area (Å²) in [6, 6.07) is 7.36. The van der Waals surface area contributed by atoms with Crippen molar-refractivity contribution in [1.82, 2.24) is 5.32 Å². The van der Waals surface area contributed by atoms with Crippen LogP contribution in [-0.2, 0) is 9.59 Å². The quantitative estimate of drug-likeness (QED) is 0.890. The highest BCUT2D eigenvalue weighted by atomic mass is 16.5. The summed E-state index contributed by atoms with van der Waals surface area (Å²) in [5.41, 5.74) is 0.753. The van der Waals surface area contributed by atoms with E-state index in [2.05, 4.69) is 5.32 Å². The molecule has 1 atom stereocenters. The molecule has 5 nitrogen and oxygen atoms in total. The van der Waals surface area contributed by atoms with E-state index in [1.807, 2.05) is 31.2 Å². The van der Waals surface area contributed by atoms with Crippen molar-refractivity contribution in [2.75, 3.05) is 18.5 Å². The molecule has 0 saturated heterocycles. The zero-order valence-corrected chi connectivity index (χ0v) is 11.2. The first-order valence-electron chi connectivity index (χ1n) is 6.43. The molecule has 0 aliphatic carbocycles. The van der Waals surface area contributed by atoms with Crippen LogP contribution in [0.15, 0.2) is 24.3 Å². The minimum absolute atomic E-state index is 0.0552. The van der Waals surface area contributed by atoms with E-state index >= 15 is 0 Å². The zero-order chi connectivity index (χ0) is 13.8. The van der Waals surface area contributed by atoms with Crippen molar-refractivity contribution in [2.24, 2.45) is 0 Å². The number of fused-ring (bicyclic) bond motifs is 1. The summed E-state index contributed by atoms with van der Waals surface area (Å²) >= 11 is 0. The van der Waals surface area contributed by atoms with Gasteiger partial charge >= 0.3 is 0 Å². The molecule has 2 rings (SSSR count). The van der Waals surface area contributed by atoms with Crippen LogP contribution in [0.5, 0.6) is 5.75 Å². The van der Waals surface area contributed by atoms with Gasteiger partial charge in [0.2, 0.25) is 5.91 Å². The highest BCUT2D eigenvalue weighted by Gasteiger charge is 2.31. The molecule has 0 spiro atoms. The van der Waals surface area contributed by atoms with Crippen molar-refractivity contribution >= 4 is 17.5 Å². The van der Waals surface area contributed by atoms with Crippen LogP contribution >= 0.6 is 0 Å². The first-order chi connectivity index (χ1) is 9.13. The number of benzene rings is 1. The average Bonchev–Trinajstić information content (AvgIpc) is 2.42. The first-order valence-corrected chi connectivity index (χ1v) is 6.43. The fourth-order valence-corrected chi connectivity index (χ4v) is 2.02. The number of para-hydroxylation sites is 2. The van der Waals surface area contributed by atoms with Crippen LogP contribution in [0.3, 0.4) is 0 Å². The van der Waals surface area contributed by atoms with Gasteiger partial charge in [-0.15, -0.1) is 0 Å². The SMILES string of the molecule is CCCC(=O)NCC1Oc2ccccc2N(C)C1=O. The predicted octanol–water partition coefficient (Wildman–Crippen LogP) is 1.33. The molecule has 1 heterocycles. The number of rotatable bonds is 4. The average molecular weight is 262 g/mol. The molecule has 1 aromatic rings. The summed E-state index contributed by atoms with van der Waals surface area (Å²) in [5.74, 6) is 0.468. The van der Waals surface area contributed by atoms with Crippen LogP contribution in [0.2, 0.25) is 0 Å². The molecule has 1 unspecified atom stereocenters. The normalized spacial score (nSPS) is 17.7. The van der Waals surface area contributed by atoms with Crippen molar-refractivity contribution in [3.8, 4) is 5.75 Å². The van der Waals surface area contributed by atoms with Crippen molar-refractivity contribution in [2.45, 2.75) is 25.9 Å². The van der Waals surface area contributed by atoms with Crippen LogP contribution in [0.4, 0.5) is 5.69 Å². The number of anilines is 1. The van der Waals surface area contributed by atoms with Gasteiger partial charge in [-0.1, -0.05) is 19.1 Å². The molecular formula is C14H18N2O3. The van der Waals surface area contributed by atoms with Gasteiger partial charge in [-0.25, -0.2) is 0 Å². The van der Waals surface area contributed by atoms with Gasteiger partial charge in [0.25, 0.3) is 5.91 Å². The molecule has 0 aromatic heterocycles. The summed E-state index contributed by atoms with van der Waals surface area (Å²) in [4.78, 5) is 25.1. The molecule has 0 bridgehead atoms. The lowest BCUT2D eigenvalue weighted by Crippen LogP contribution is -2.49. The molecule has 19 heavy (non-hydrogen) atoms. The van der Waals surface area contributed by atoms with Gasteiger partial charge in [0, 0.05) is 13.5 Å². The van der Waals surface area contributed by atoms with E-state index in [-0.39, 0.29) is 18.4 Å². The number of hydrogen-bond donors (Lipinski definition) is 1. The molecule has 2 amide bonds. The molecule has 1 aliphatic rings. The second-order valence-corrected chi connectivity index (χ2v) is 4.53. The summed E-state index contributed by atoms with van der Waals surface area (Å²) < 4.78 is 5.64. The third-order valence-corrected chi connectivity index (χ3v) is 3.06. The highest BCUT2D eigenvalue weighted by molar-refractivity contribution is 5.99. The Bertz CT molecular complexity index is 487. The lowest BCUT2D eigenvalue weighted by Gasteiger charge is -2.31. The Labute approximate surface area is 112 Å². The number of ether oxygens (including phenoxy) is 1. The molecular weight excluding hydrogens is 244 g/mol. The number of hydrogen-bond acceptors (Lipinski definition) is 3. The van der Waals surface area contributed by atoms with E-state index in [1.165, 1.54) is 0 Å². The predicted molar refractivity (Wildman–Crippen MR) is 72.2 cm³/mol. The number of nitrogens with zero attached hydrogens (tertiary/aromatic N) is 1. The Morgan fingerprint density at radius 1 is 1.42 bits per heavy atom. The molecule has 102 valence electrons. The van der Waals surface area contributed by atoms with E-state index in [4.69, 9.17) is 4.74 Å². The van der Waals surface area contributed by atoms with Crippen LogP contribution < -0.4 is 15.0 Å². The Morgan fingerprint density at radius 2 is 2.16 bits per heavy atom. The van der Waals surface area contributed by atoms with Crippen molar-refractivity contribution in [1.29, 1.82) is 0 Å². The number of amides is 2. The second-order valence-electron chi connectivity index (χ2n) is 4.53. The van der Waals surface area contributed by atoms with E-state index in [0.29, 0.717) is 12.2 Å². The Hall–Kier alpha value is -2.04. The van der Waals surface area contributed by atoms with Gasteiger partial charge in [0.15, 0.2) is 6.10 Å². The summed E-state index contributed by atoms with van der Waals surface area (Å²) in [6.07, 6.45) is 0.599. The molecule has 5 heteroatoms. The van der Waals surface area contributed by atoms with Gasteiger partial charge in [-0.3, -0.25) is 9.59 Å². The fourth-order valence-electron chi connectivity index (χ4n) is 2.02. The van der Waals surface area contributed by atoms with Gasteiger partial charge in [-0.2, -0.15) is 0 Å². The Balaban J connectivity index is 2.04. The maximum absolute atomic E-state index is 12.1. The zero-order valence-electron chi connectivity index (χ0n) is 11.2. The molecule has 1 aromatic carbocycles. The lowest BCUT2D eigenvalue weighted by molar-refractivity contribution is -0.127. The van der Waals surface area contributed by atoms with Gasteiger partial charge in [0.1, 0.15) is 5.75 Å². The maximum Gasteiger partial charge on any atom is 0.269 e. The Kier molecular flexibility index (Phi) is 4.04. The molecule has 1 aliphatic heterocycles. The number of nitrogens with one attached hydrogen (secondary N) is 1. The van der Waals surface area contributed by atoms with E-state index in [9.17, 15) is 9.59 Å². The first kappa shape index (κ1) is 13.4. The summed E-state index contributed by atoms with van der Waals surface area (Å²) in [6.45, 7) is 2.14. The molecule has 0 fully saturated rings. The van der Waals surface area contributed by atoms with Crippen LogP contribution in [0, 0.1) is 0 Å². The fraction of sp³-hybridized carbons (Fsp3) is 0.429. The smallest absolute Gasteiger partial charge is 0.269 e. The van der Waals surface area contributed by atoms with Crippen molar-refractivity contribution < 1.29 is 14.3 Å². The standard InChI is InChI=1S/C14H18N2O3/c1-3-6-13(17)15-9-12-14(18)16(2)10-7-4-5-8-11(10)19-12/h4-5,7-8,12H,3,6,9H2,1-2H3,(H,15,17). The molecule has 0 saturated carbocycles. The highest BCUT2D eigenvalue weighted by Crippen LogP contribution is 2.32. The number of likely N-dealkylation sites (N-methyl/N-ethyl adjacent to an activating group) is 1. The Morgan fingerprint density at radius 3 is 2.89 bits per heavy atom. The third kappa shape index (κ3) is 2.86. The minimum atomic E-state index is -0.652. The van der Waals surface area contributed by atoms with E-state index in [0.717, 1.165) is 12.1 Å². The summed E-state index contributed by atoms with van der Waals surface area (Å²) in [5, 5.41) is 2.72. The largest absolute Gasteiger partial charge is 0.477 e.